The predicted molar refractivity (Wildman–Crippen MR) is 75.5 cm³/mol. The molecule has 1 saturated heterocycles. The van der Waals surface area contributed by atoms with Crippen molar-refractivity contribution < 1.29 is 4.74 Å². The lowest BCUT2D eigenvalue weighted by Gasteiger charge is -2.34. The molecule has 0 bridgehead atoms. The van der Waals surface area contributed by atoms with E-state index in [1.165, 1.54) is 0 Å². The second-order valence-corrected chi connectivity index (χ2v) is 4.91. The van der Waals surface area contributed by atoms with Crippen molar-refractivity contribution in [2.45, 2.75) is 6.54 Å². The first kappa shape index (κ1) is 14.2. The molecule has 0 spiro atoms. The first-order valence-electron chi connectivity index (χ1n) is 6.89. The molecule has 0 amide bonds. The van der Waals surface area contributed by atoms with E-state index in [2.05, 4.69) is 9.80 Å². The van der Waals surface area contributed by atoms with E-state index in [1.807, 2.05) is 12.3 Å². The fourth-order valence-corrected chi connectivity index (χ4v) is 2.35. The van der Waals surface area contributed by atoms with Gasteiger partial charge in [-0.2, -0.15) is 0 Å². The van der Waals surface area contributed by atoms with Gasteiger partial charge < -0.3 is 9.30 Å². The SMILES string of the molecule is COCCN1CCN(CCn2ccccc2=O)CC1. The molecule has 1 aliphatic rings. The van der Waals surface area contributed by atoms with Crippen LogP contribution in [0.3, 0.4) is 0 Å². The minimum Gasteiger partial charge on any atom is -0.383 e. The summed E-state index contributed by atoms with van der Waals surface area (Å²) >= 11 is 0. The van der Waals surface area contributed by atoms with Gasteiger partial charge in [0.2, 0.25) is 0 Å². The molecule has 0 radical (unpaired) electrons. The zero-order valence-electron chi connectivity index (χ0n) is 11.6. The zero-order chi connectivity index (χ0) is 13.5. The monoisotopic (exact) mass is 265 g/mol. The Morgan fingerprint density at radius 2 is 1.74 bits per heavy atom. The van der Waals surface area contributed by atoms with Crippen LogP contribution in [-0.4, -0.2) is 67.4 Å². The van der Waals surface area contributed by atoms with Crippen LogP contribution >= 0.6 is 0 Å². The third kappa shape index (κ3) is 4.45. The van der Waals surface area contributed by atoms with Crippen LogP contribution in [-0.2, 0) is 11.3 Å². The first-order valence-corrected chi connectivity index (χ1v) is 6.89. The van der Waals surface area contributed by atoms with Crippen molar-refractivity contribution >= 4 is 0 Å². The molecule has 106 valence electrons. The lowest BCUT2D eigenvalue weighted by atomic mass is 10.3. The summed E-state index contributed by atoms with van der Waals surface area (Å²) in [6.07, 6.45) is 1.86. The summed E-state index contributed by atoms with van der Waals surface area (Å²) in [5.74, 6) is 0. The maximum atomic E-state index is 11.6. The van der Waals surface area contributed by atoms with E-state index in [4.69, 9.17) is 4.74 Å². The Hall–Kier alpha value is -1.17. The largest absolute Gasteiger partial charge is 0.383 e. The number of nitrogens with zero attached hydrogens (tertiary/aromatic N) is 3. The highest BCUT2D eigenvalue weighted by Gasteiger charge is 2.15. The van der Waals surface area contributed by atoms with Gasteiger partial charge in [0, 0.05) is 65.2 Å². The Morgan fingerprint density at radius 3 is 2.37 bits per heavy atom. The van der Waals surface area contributed by atoms with Crippen LogP contribution in [0.1, 0.15) is 0 Å². The molecule has 0 N–H and O–H groups in total. The molecule has 0 atom stereocenters. The van der Waals surface area contributed by atoms with E-state index in [-0.39, 0.29) is 5.56 Å². The molecule has 2 heterocycles. The third-order valence-electron chi connectivity index (χ3n) is 3.63. The zero-order valence-corrected chi connectivity index (χ0v) is 11.6. The number of pyridine rings is 1. The Morgan fingerprint density at radius 1 is 1.05 bits per heavy atom. The van der Waals surface area contributed by atoms with Gasteiger partial charge in [-0.05, 0) is 6.07 Å². The Labute approximate surface area is 114 Å². The molecule has 0 aromatic carbocycles. The van der Waals surface area contributed by atoms with Gasteiger partial charge in [-0.15, -0.1) is 0 Å². The number of rotatable bonds is 6. The fourth-order valence-electron chi connectivity index (χ4n) is 2.35. The minimum atomic E-state index is 0.0845. The van der Waals surface area contributed by atoms with Crippen molar-refractivity contribution in [2.24, 2.45) is 0 Å². The van der Waals surface area contributed by atoms with E-state index in [1.54, 1.807) is 23.8 Å². The van der Waals surface area contributed by atoms with Gasteiger partial charge in [0.05, 0.1) is 6.61 Å². The summed E-state index contributed by atoms with van der Waals surface area (Å²) in [4.78, 5) is 16.4. The second-order valence-electron chi connectivity index (χ2n) is 4.91. The van der Waals surface area contributed by atoms with Crippen LogP contribution < -0.4 is 5.56 Å². The van der Waals surface area contributed by atoms with E-state index in [0.717, 1.165) is 52.4 Å². The molecule has 1 aromatic heterocycles. The maximum absolute atomic E-state index is 11.6. The highest BCUT2D eigenvalue weighted by atomic mass is 16.5. The van der Waals surface area contributed by atoms with Crippen LogP contribution in [0, 0.1) is 0 Å². The van der Waals surface area contributed by atoms with Gasteiger partial charge in [-0.3, -0.25) is 14.6 Å². The highest BCUT2D eigenvalue weighted by Crippen LogP contribution is 2.01. The van der Waals surface area contributed by atoms with E-state index in [9.17, 15) is 4.79 Å². The van der Waals surface area contributed by atoms with Crippen LogP contribution in [0.2, 0.25) is 0 Å². The van der Waals surface area contributed by atoms with Gasteiger partial charge >= 0.3 is 0 Å². The summed E-state index contributed by atoms with van der Waals surface area (Å²) in [6, 6.07) is 5.31. The number of hydrogen-bond donors (Lipinski definition) is 0. The quantitative estimate of drug-likeness (QED) is 0.732. The van der Waals surface area contributed by atoms with Crippen LogP contribution in [0.25, 0.3) is 0 Å². The molecular formula is C14H23N3O2. The molecule has 5 heteroatoms. The molecular weight excluding hydrogens is 242 g/mol. The summed E-state index contributed by atoms with van der Waals surface area (Å²) < 4.78 is 6.87. The number of piperazine rings is 1. The molecule has 2 rings (SSSR count). The van der Waals surface area contributed by atoms with Gasteiger partial charge in [0.15, 0.2) is 0 Å². The van der Waals surface area contributed by atoms with Crippen LogP contribution in [0.4, 0.5) is 0 Å². The van der Waals surface area contributed by atoms with Crippen molar-refractivity contribution in [2.75, 3.05) is 53.0 Å². The van der Waals surface area contributed by atoms with Gasteiger partial charge in [0.25, 0.3) is 5.56 Å². The van der Waals surface area contributed by atoms with Crippen molar-refractivity contribution in [1.29, 1.82) is 0 Å². The standard InChI is InChI=1S/C14H23N3O2/c1-19-13-12-16-8-6-15(7-9-16)10-11-17-5-3-2-4-14(17)18/h2-5H,6-13H2,1H3. The smallest absolute Gasteiger partial charge is 0.250 e. The number of ether oxygens (including phenoxy) is 1. The molecule has 0 unspecified atom stereocenters. The fraction of sp³-hybridized carbons (Fsp3) is 0.643. The predicted octanol–water partition coefficient (Wildman–Crippen LogP) is 0.112. The summed E-state index contributed by atoms with van der Waals surface area (Å²) in [5.41, 5.74) is 0.0845. The molecule has 1 aromatic rings. The molecule has 0 aliphatic carbocycles. The van der Waals surface area contributed by atoms with Crippen molar-refractivity contribution in [3.05, 3.63) is 34.7 Å². The summed E-state index contributed by atoms with van der Waals surface area (Å²) in [7, 11) is 1.74. The average Bonchev–Trinajstić information content (AvgIpc) is 2.45. The van der Waals surface area contributed by atoms with Crippen molar-refractivity contribution in [3.8, 4) is 0 Å². The Balaban J connectivity index is 1.71. The summed E-state index contributed by atoms with van der Waals surface area (Å²) in [5, 5.41) is 0. The third-order valence-corrected chi connectivity index (χ3v) is 3.63. The van der Waals surface area contributed by atoms with Crippen LogP contribution in [0.5, 0.6) is 0 Å². The van der Waals surface area contributed by atoms with Gasteiger partial charge in [0.1, 0.15) is 0 Å². The lowest BCUT2D eigenvalue weighted by molar-refractivity contribution is 0.0952. The number of methoxy groups -OCH3 is 1. The molecule has 5 nitrogen and oxygen atoms in total. The van der Waals surface area contributed by atoms with E-state index in [0.29, 0.717) is 0 Å². The van der Waals surface area contributed by atoms with Gasteiger partial charge in [-0.25, -0.2) is 0 Å². The van der Waals surface area contributed by atoms with E-state index >= 15 is 0 Å². The molecule has 0 saturated carbocycles. The normalized spacial score (nSPS) is 17.7. The van der Waals surface area contributed by atoms with Crippen molar-refractivity contribution in [3.63, 3.8) is 0 Å². The topological polar surface area (TPSA) is 37.7 Å². The second kappa shape index (κ2) is 7.43. The maximum Gasteiger partial charge on any atom is 0.250 e. The first-order chi connectivity index (χ1) is 9.29. The average molecular weight is 265 g/mol. The molecule has 19 heavy (non-hydrogen) atoms. The van der Waals surface area contributed by atoms with E-state index < -0.39 is 0 Å². The minimum absolute atomic E-state index is 0.0845. The number of aromatic nitrogens is 1. The highest BCUT2D eigenvalue weighted by molar-refractivity contribution is 4.93. The van der Waals surface area contributed by atoms with Crippen LogP contribution in [0.15, 0.2) is 29.2 Å². The van der Waals surface area contributed by atoms with Gasteiger partial charge in [-0.1, -0.05) is 6.07 Å². The lowest BCUT2D eigenvalue weighted by Crippen LogP contribution is -2.48. The molecule has 1 aliphatic heterocycles. The summed E-state index contributed by atoms with van der Waals surface area (Å²) in [6.45, 7) is 7.87. The van der Waals surface area contributed by atoms with Crippen molar-refractivity contribution in [1.82, 2.24) is 14.4 Å². The number of hydrogen-bond acceptors (Lipinski definition) is 4. The Kier molecular flexibility index (Phi) is 5.57. The molecule has 1 fully saturated rings. The Bertz CT molecular complexity index is 425.